The Bertz CT molecular complexity index is 367. The third-order valence-electron chi connectivity index (χ3n) is 4.07. The standard InChI is InChI=1S/C13H27N3O2S/c1-11-8-12(2)10-16(9-11)19(17,18)15-13-4-3-6-14-7-5-13/h11-15H,3-10H2,1-2H3. The van der Waals surface area contributed by atoms with Gasteiger partial charge in [-0.1, -0.05) is 13.8 Å². The Morgan fingerprint density at radius 1 is 1.11 bits per heavy atom. The molecule has 0 aromatic heterocycles. The number of piperidine rings is 1. The smallest absolute Gasteiger partial charge is 0.279 e. The van der Waals surface area contributed by atoms with Crippen LogP contribution in [0.5, 0.6) is 0 Å². The van der Waals surface area contributed by atoms with E-state index in [1.807, 2.05) is 0 Å². The van der Waals surface area contributed by atoms with E-state index in [0.29, 0.717) is 24.9 Å². The quantitative estimate of drug-likeness (QED) is 0.813. The molecule has 112 valence electrons. The van der Waals surface area contributed by atoms with Crippen LogP contribution in [0.15, 0.2) is 0 Å². The van der Waals surface area contributed by atoms with Crippen LogP contribution in [0.4, 0.5) is 0 Å². The van der Waals surface area contributed by atoms with Gasteiger partial charge in [0.05, 0.1) is 0 Å². The predicted molar refractivity (Wildman–Crippen MR) is 77.1 cm³/mol. The first-order valence-electron chi connectivity index (χ1n) is 7.45. The number of hydrogen-bond donors (Lipinski definition) is 2. The number of rotatable bonds is 3. The Kier molecular flexibility index (Phi) is 5.22. The van der Waals surface area contributed by atoms with E-state index in [-0.39, 0.29) is 6.04 Å². The summed E-state index contributed by atoms with van der Waals surface area (Å²) in [4.78, 5) is 0. The first kappa shape index (κ1) is 15.2. The molecular formula is C13H27N3O2S. The van der Waals surface area contributed by atoms with Gasteiger partial charge in [0, 0.05) is 19.1 Å². The third-order valence-corrected chi connectivity index (χ3v) is 5.68. The summed E-state index contributed by atoms with van der Waals surface area (Å²) >= 11 is 0. The van der Waals surface area contributed by atoms with E-state index < -0.39 is 10.2 Å². The molecule has 3 unspecified atom stereocenters. The lowest BCUT2D eigenvalue weighted by Crippen LogP contribution is -2.50. The maximum Gasteiger partial charge on any atom is 0.279 e. The Balaban J connectivity index is 1.96. The lowest BCUT2D eigenvalue weighted by molar-refractivity contribution is 0.219. The van der Waals surface area contributed by atoms with Crippen LogP contribution in [0.3, 0.4) is 0 Å². The van der Waals surface area contributed by atoms with Crippen LogP contribution in [0, 0.1) is 11.8 Å². The van der Waals surface area contributed by atoms with Crippen LogP contribution in [-0.2, 0) is 10.2 Å². The molecule has 19 heavy (non-hydrogen) atoms. The summed E-state index contributed by atoms with van der Waals surface area (Å²) in [5.74, 6) is 0.909. The van der Waals surface area contributed by atoms with Crippen molar-refractivity contribution in [1.82, 2.24) is 14.3 Å². The van der Waals surface area contributed by atoms with E-state index in [1.54, 1.807) is 4.31 Å². The van der Waals surface area contributed by atoms with Gasteiger partial charge in [0.2, 0.25) is 0 Å². The van der Waals surface area contributed by atoms with Crippen LogP contribution >= 0.6 is 0 Å². The van der Waals surface area contributed by atoms with Gasteiger partial charge in [0.25, 0.3) is 10.2 Å². The van der Waals surface area contributed by atoms with Gasteiger partial charge in [-0.15, -0.1) is 0 Å². The van der Waals surface area contributed by atoms with Crippen LogP contribution in [-0.4, -0.2) is 44.9 Å². The fourth-order valence-corrected chi connectivity index (χ4v) is 4.93. The molecule has 0 spiro atoms. The van der Waals surface area contributed by atoms with Crippen molar-refractivity contribution < 1.29 is 8.42 Å². The van der Waals surface area contributed by atoms with E-state index in [4.69, 9.17) is 0 Å². The second-order valence-corrected chi connectivity index (χ2v) is 7.97. The molecule has 2 saturated heterocycles. The highest BCUT2D eigenvalue weighted by molar-refractivity contribution is 7.87. The topological polar surface area (TPSA) is 61.4 Å². The van der Waals surface area contributed by atoms with E-state index in [0.717, 1.165) is 38.8 Å². The van der Waals surface area contributed by atoms with Gasteiger partial charge in [0.15, 0.2) is 0 Å². The van der Waals surface area contributed by atoms with Crippen molar-refractivity contribution in [3.05, 3.63) is 0 Å². The summed E-state index contributed by atoms with van der Waals surface area (Å²) in [5, 5.41) is 3.31. The summed E-state index contributed by atoms with van der Waals surface area (Å²) in [7, 11) is -3.31. The third kappa shape index (κ3) is 4.41. The number of hydrogen-bond acceptors (Lipinski definition) is 3. The molecule has 0 aliphatic carbocycles. The van der Waals surface area contributed by atoms with Crippen molar-refractivity contribution in [3.8, 4) is 0 Å². The molecule has 2 aliphatic rings. The fourth-order valence-electron chi connectivity index (χ4n) is 3.22. The van der Waals surface area contributed by atoms with Gasteiger partial charge in [-0.3, -0.25) is 0 Å². The van der Waals surface area contributed by atoms with Gasteiger partial charge in [0.1, 0.15) is 0 Å². The lowest BCUT2D eigenvalue weighted by Gasteiger charge is -2.35. The van der Waals surface area contributed by atoms with Crippen molar-refractivity contribution >= 4 is 10.2 Å². The van der Waals surface area contributed by atoms with Crippen molar-refractivity contribution in [2.45, 2.75) is 45.6 Å². The van der Waals surface area contributed by atoms with E-state index >= 15 is 0 Å². The van der Waals surface area contributed by atoms with Crippen molar-refractivity contribution in [3.63, 3.8) is 0 Å². The molecule has 0 radical (unpaired) electrons. The largest absolute Gasteiger partial charge is 0.317 e. The van der Waals surface area contributed by atoms with Crippen LogP contribution in [0.1, 0.15) is 39.5 Å². The maximum absolute atomic E-state index is 12.5. The van der Waals surface area contributed by atoms with Gasteiger partial charge in [-0.05, 0) is 50.6 Å². The highest BCUT2D eigenvalue weighted by Gasteiger charge is 2.31. The van der Waals surface area contributed by atoms with E-state index in [9.17, 15) is 8.42 Å². The molecule has 0 aromatic carbocycles. The second kappa shape index (κ2) is 6.52. The fraction of sp³-hybridized carbons (Fsp3) is 1.00. The first-order valence-corrected chi connectivity index (χ1v) is 8.89. The predicted octanol–water partition coefficient (Wildman–Crippen LogP) is 0.941. The zero-order chi connectivity index (χ0) is 13.9. The molecule has 2 fully saturated rings. The van der Waals surface area contributed by atoms with Crippen molar-refractivity contribution in [2.75, 3.05) is 26.2 Å². The van der Waals surface area contributed by atoms with E-state index in [1.165, 1.54) is 0 Å². The Labute approximate surface area is 117 Å². The monoisotopic (exact) mass is 289 g/mol. The van der Waals surface area contributed by atoms with Crippen LogP contribution in [0.25, 0.3) is 0 Å². The molecule has 0 aromatic rings. The molecule has 0 bridgehead atoms. The molecule has 0 amide bonds. The van der Waals surface area contributed by atoms with Crippen LogP contribution in [0.2, 0.25) is 0 Å². The van der Waals surface area contributed by atoms with Crippen LogP contribution < -0.4 is 10.0 Å². The van der Waals surface area contributed by atoms with Gasteiger partial charge in [-0.2, -0.15) is 17.4 Å². The zero-order valence-corrected chi connectivity index (χ0v) is 12.9. The molecule has 2 rings (SSSR count). The van der Waals surface area contributed by atoms with Crippen molar-refractivity contribution in [1.29, 1.82) is 0 Å². The highest BCUT2D eigenvalue weighted by Crippen LogP contribution is 2.23. The Hall–Kier alpha value is -0.170. The minimum absolute atomic E-state index is 0.0903. The molecule has 2 N–H and O–H groups in total. The zero-order valence-electron chi connectivity index (χ0n) is 12.1. The maximum atomic E-state index is 12.5. The first-order chi connectivity index (χ1) is 8.97. The summed E-state index contributed by atoms with van der Waals surface area (Å²) in [5.41, 5.74) is 0. The molecule has 0 saturated carbocycles. The summed E-state index contributed by atoms with van der Waals surface area (Å²) in [6, 6.07) is 0.0903. The average Bonchev–Trinajstić information content (AvgIpc) is 2.55. The lowest BCUT2D eigenvalue weighted by atomic mass is 9.94. The second-order valence-electron chi connectivity index (χ2n) is 6.26. The summed E-state index contributed by atoms with van der Waals surface area (Å²) in [6.45, 7) is 7.48. The van der Waals surface area contributed by atoms with Gasteiger partial charge in [-0.25, -0.2) is 0 Å². The number of nitrogens with one attached hydrogen (secondary N) is 2. The Morgan fingerprint density at radius 2 is 1.79 bits per heavy atom. The molecule has 5 nitrogen and oxygen atoms in total. The van der Waals surface area contributed by atoms with Gasteiger partial charge < -0.3 is 5.32 Å². The molecular weight excluding hydrogens is 262 g/mol. The average molecular weight is 289 g/mol. The summed E-state index contributed by atoms with van der Waals surface area (Å²) < 4.78 is 29.5. The normalized spacial score (nSPS) is 34.9. The van der Waals surface area contributed by atoms with Gasteiger partial charge >= 0.3 is 0 Å². The molecule has 3 atom stereocenters. The minimum Gasteiger partial charge on any atom is -0.317 e. The molecule has 2 heterocycles. The molecule has 6 heteroatoms. The SMILES string of the molecule is CC1CC(C)CN(S(=O)(=O)NC2CCCNCC2)C1. The number of nitrogens with zero attached hydrogens (tertiary/aromatic N) is 1. The summed E-state index contributed by atoms with van der Waals surface area (Å²) in [6.07, 6.45) is 3.99. The minimum atomic E-state index is -3.31. The highest BCUT2D eigenvalue weighted by atomic mass is 32.2. The Morgan fingerprint density at radius 3 is 2.47 bits per heavy atom. The van der Waals surface area contributed by atoms with E-state index in [2.05, 4.69) is 23.9 Å². The molecule has 2 aliphatic heterocycles. The van der Waals surface area contributed by atoms with Crippen molar-refractivity contribution in [2.24, 2.45) is 11.8 Å².